The van der Waals surface area contributed by atoms with Crippen molar-refractivity contribution in [1.29, 1.82) is 0 Å². The molecule has 0 saturated heterocycles. The van der Waals surface area contributed by atoms with Crippen LogP contribution in [0, 0.1) is 0 Å². The number of allylic oxidation sites excluding steroid dienone is 1. The van der Waals surface area contributed by atoms with Gasteiger partial charge in [0.25, 0.3) is 0 Å². The molecule has 2 unspecified atom stereocenters. The minimum Gasteiger partial charge on any atom is -0.355 e. The van der Waals surface area contributed by atoms with Crippen LogP contribution in [-0.4, -0.2) is 24.8 Å². The Morgan fingerprint density at radius 3 is 2.20 bits per heavy atom. The number of alkyl halides is 2. The van der Waals surface area contributed by atoms with Crippen molar-refractivity contribution in [3.63, 3.8) is 0 Å². The van der Waals surface area contributed by atoms with Gasteiger partial charge in [-0.15, -0.1) is 0 Å². The quantitative estimate of drug-likeness (QED) is 0.271. The number of H-pyrrole nitrogens is 2. The number of hydrogen-bond donors (Lipinski definition) is 2. The second-order valence-electron chi connectivity index (χ2n) is 7.49. The fourth-order valence-electron chi connectivity index (χ4n) is 3.69. The lowest BCUT2D eigenvalue weighted by Crippen LogP contribution is -1.92. The van der Waals surface area contributed by atoms with Crippen molar-refractivity contribution >= 4 is 77.7 Å². The Labute approximate surface area is 192 Å². The van der Waals surface area contributed by atoms with E-state index in [-0.39, 0.29) is 9.65 Å². The Bertz CT molecular complexity index is 1410. The van der Waals surface area contributed by atoms with E-state index in [0.717, 1.165) is 50.3 Å². The highest BCUT2D eigenvalue weighted by atomic mass is 79.9. The second-order valence-corrected chi connectivity index (χ2v) is 10.2. The number of hydrogen-bond acceptors (Lipinski definition) is 2. The molecule has 0 amide bonds. The van der Waals surface area contributed by atoms with Gasteiger partial charge in [0.05, 0.1) is 24.1 Å². The van der Waals surface area contributed by atoms with Crippen LogP contribution in [0.1, 0.15) is 48.4 Å². The molecule has 3 aromatic heterocycles. The summed E-state index contributed by atoms with van der Waals surface area (Å²) in [5, 5.41) is 0. The van der Waals surface area contributed by atoms with Crippen molar-refractivity contribution in [3.05, 3.63) is 70.8 Å². The lowest BCUT2D eigenvalue weighted by atomic mass is 10.1. The smallest absolute Gasteiger partial charge is 0.0701 e. The predicted molar refractivity (Wildman–Crippen MR) is 134 cm³/mol. The van der Waals surface area contributed by atoms with Crippen molar-refractivity contribution in [2.45, 2.75) is 23.5 Å². The Kier molecular flexibility index (Phi) is 4.69. The molecule has 0 saturated carbocycles. The monoisotopic (exact) mass is 523 g/mol. The second kappa shape index (κ2) is 7.67. The molecule has 6 heteroatoms. The Morgan fingerprint density at radius 2 is 1.50 bits per heavy atom. The molecule has 0 aliphatic carbocycles. The summed E-state index contributed by atoms with van der Waals surface area (Å²) >= 11 is 7.36. The minimum atomic E-state index is 0.0118. The maximum atomic E-state index is 8.71. The van der Waals surface area contributed by atoms with Crippen LogP contribution in [0.4, 0.5) is 0 Å². The average molecular weight is 525 g/mol. The van der Waals surface area contributed by atoms with Crippen molar-refractivity contribution in [3.8, 4) is 0 Å². The lowest BCUT2D eigenvalue weighted by molar-refractivity contribution is 1.15. The first-order valence-electron chi connectivity index (χ1n) is 10.3. The molecular weight excluding hydrogens is 504 g/mol. The summed E-state index contributed by atoms with van der Waals surface area (Å²) < 4.78 is 8.71. The Morgan fingerprint density at radius 1 is 0.800 bits per heavy atom. The molecule has 2 N–H and O–H groups in total. The van der Waals surface area contributed by atoms with Gasteiger partial charge in [0.15, 0.2) is 0 Å². The van der Waals surface area contributed by atoms with Gasteiger partial charge in [0, 0.05) is 31.7 Å². The van der Waals surface area contributed by atoms with Gasteiger partial charge in [0.1, 0.15) is 0 Å². The molecule has 0 spiro atoms. The summed E-state index contributed by atoms with van der Waals surface area (Å²) in [5.74, 6) is 0. The highest BCUT2D eigenvalue weighted by molar-refractivity contribution is 9.09. The number of fused-ring (bicyclic) bond motifs is 8. The zero-order valence-electron chi connectivity index (χ0n) is 17.5. The van der Waals surface area contributed by atoms with E-state index in [9.17, 15) is 0 Å². The third-order valence-corrected chi connectivity index (χ3v) is 6.05. The molecule has 4 nitrogen and oxygen atoms in total. The number of halogens is 2. The third kappa shape index (κ3) is 3.82. The van der Waals surface area contributed by atoms with Gasteiger partial charge in [-0.2, -0.15) is 0 Å². The molecule has 2 atom stereocenters. The zero-order chi connectivity index (χ0) is 21.7. The number of nitrogens with one attached hydrogen (secondary N) is 2. The molecule has 0 radical (unpaired) electrons. The molecule has 3 aromatic rings. The summed E-state index contributed by atoms with van der Waals surface area (Å²) in [4.78, 5) is 16.6. The van der Waals surface area contributed by atoms with Crippen LogP contribution in [-0.2, 0) is 0 Å². The van der Waals surface area contributed by atoms with E-state index in [2.05, 4.69) is 60.9 Å². The number of aromatic nitrogens is 4. The van der Waals surface area contributed by atoms with Gasteiger partial charge in [-0.25, -0.2) is 9.97 Å². The van der Waals surface area contributed by atoms with Crippen LogP contribution in [0.5, 0.6) is 0 Å². The molecule has 8 bridgehead atoms. The lowest BCUT2D eigenvalue weighted by Gasteiger charge is -2.02. The summed E-state index contributed by atoms with van der Waals surface area (Å²) in [5.41, 5.74) is 9.07. The first-order chi connectivity index (χ1) is 14.9. The molecule has 30 heavy (non-hydrogen) atoms. The van der Waals surface area contributed by atoms with Gasteiger partial charge >= 0.3 is 0 Å². The molecule has 0 aromatic carbocycles. The maximum Gasteiger partial charge on any atom is 0.0701 e. The van der Waals surface area contributed by atoms with Crippen LogP contribution in [0.3, 0.4) is 0 Å². The number of aromatic amines is 2. The van der Waals surface area contributed by atoms with Gasteiger partial charge in [0.2, 0.25) is 0 Å². The number of nitrogens with zero attached hydrogens (tertiary/aromatic N) is 2. The van der Waals surface area contributed by atoms with Crippen molar-refractivity contribution in [1.82, 2.24) is 19.9 Å². The van der Waals surface area contributed by atoms with Gasteiger partial charge in [-0.1, -0.05) is 31.9 Å². The van der Waals surface area contributed by atoms with E-state index in [4.69, 9.17) is 11.3 Å². The van der Waals surface area contributed by atoms with Crippen LogP contribution in [0.2, 0.25) is 0 Å². The predicted octanol–water partition coefficient (Wildman–Crippen LogP) is 7.27. The highest BCUT2D eigenvalue weighted by Gasteiger charge is 2.15. The van der Waals surface area contributed by atoms with Gasteiger partial charge in [-0.05, 0) is 85.7 Å². The van der Waals surface area contributed by atoms with Crippen LogP contribution < -0.4 is 0 Å². The van der Waals surface area contributed by atoms with E-state index in [1.54, 1.807) is 0 Å². The minimum absolute atomic E-state index is 0.0118. The van der Waals surface area contributed by atoms with Crippen molar-refractivity contribution in [2.24, 2.45) is 0 Å². The Hall–Kier alpha value is -2.44. The van der Waals surface area contributed by atoms with E-state index in [1.807, 2.05) is 49.4 Å². The molecule has 2 aliphatic heterocycles. The molecule has 5 rings (SSSR count). The summed E-state index contributed by atoms with van der Waals surface area (Å²) in [6, 6.07) is 14.6. The first kappa shape index (κ1) is 18.3. The molecule has 150 valence electrons. The molecule has 0 fully saturated rings. The SMILES string of the molecule is [2H]C1=C(C(C)Br)c2cc3cc(C(C)Br)c(cc4nc(cc5ccc(cc1n2)[nH]5)C=C4)[nH]3. The summed E-state index contributed by atoms with van der Waals surface area (Å²) in [6.45, 7) is 4.13. The molecule has 5 heterocycles. The van der Waals surface area contributed by atoms with Crippen LogP contribution in [0.25, 0.3) is 45.8 Å². The molecular formula is C24H20Br2N4. The fraction of sp³-hybridized carbons (Fsp3) is 0.167. The van der Waals surface area contributed by atoms with Gasteiger partial charge in [-0.3, -0.25) is 0 Å². The zero-order valence-corrected chi connectivity index (χ0v) is 19.7. The third-order valence-electron chi connectivity index (χ3n) is 5.10. The van der Waals surface area contributed by atoms with E-state index in [0.29, 0.717) is 11.7 Å². The van der Waals surface area contributed by atoms with E-state index < -0.39 is 0 Å². The topological polar surface area (TPSA) is 57.4 Å². The average Bonchev–Trinajstić information content (AvgIpc) is 3.46. The first-order valence-corrected chi connectivity index (χ1v) is 11.6. The van der Waals surface area contributed by atoms with E-state index in [1.165, 1.54) is 0 Å². The van der Waals surface area contributed by atoms with Crippen molar-refractivity contribution < 1.29 is 1.37 Å². The molecule has 2 aliphatic rings. The Balaban J connectivity index is 1.89. The maximum absolute atomic E-state index is 8.71. The van der Waals surface area contributed by atoms with Crippen LogP contribution in [0.15, 0.2) is 42.5 Å². The fourth-order valence-corrected chi connectivity index (χ4v) is 4.42. The summed E-state index contributed by atoms with van der Waals surface area (Å²) in [6.07, 6.45) is 4.03. The van der Waals surface area contributed by atoms with E-state index >= 15 is 0 Å². The highest BCUT2D eigenvalue weighted by Crippen LogP contribution is 2.31. The largest absolute Gasteiger partial charge is 0.355 e. The summed E-state index contributed by atoms with van der Waals surface area (Å²) in [7, 11) is 0. The number of rotatable bonds is 2. The van der Waals surface area contributed by atoms with Crippen LogP contribution >= 0.6 is 31.9 Å². The standard InChI is InChI=1S/C24H20Br2N4/c1-13(25)21-9-19-8-17-4-3-15(27-17)7-16-5-6-18(28-16)11-23-22(14(2)26)10-20(30-23)12-24(21)29-19/h3-14,27,30H,1-2H3/i9D. The van der Waals surface area contributed by atoms with Crippen molar-refractivity contribution in [2.75, 3.05) is 0 Å². The normalized spacial score (nSPS) is 15.9. The van der Waals surface area contributed by atoms with Gasteiger partial charge < -0.3 is 9.97 Å².